The van der Waals surface area contributed by atoms with Gasteiger partial charge in [-0.3, -0.25) is 0 Å². The van der Waals surface area contributed by atoms with Gasteiger partial charge in [0, 0.05) is 17.4 Å². The van der Waals surface area contributed by atoms with Gasteiger partial charge in [-0.25, -0.2) is 13.1 Å². The summed E-state index contributed by atoms with van der Waals surface area (Å²) < 4.78 is 27.6. The standard InChI is InChI=1S/C15H21NO3S2/c1-4-20-11-13(3)16-21(18,19)15-8-7-12(2)10-14(15)6-5-9-17/h7-8,10,13,16-17H,4,9,11H2,1-3H3. The second-order valence-electron chi connectivity index (χ2n) is 4.64. The fourth-order valence-electron chi connectivity index (χ4n) is 1.77. The summed E-state index contributed by atoms with van der Waals surface area (Å²) in [5.74, 6) is 6.87. The minimum Gasteiger partial charge on any atom is -0.384 e. The number of nitrogens with one attached hydrogen (secondary N) is 1. The first kappa shape index (κ1) is 18.1. The van der Waals surface area contributed by atoms with Crippen LogP contribution in [0.2, 0.25) is 0 Å². The first-order valence-corrected chi connectivity index (χ1v) is 9.35. The maximum atomic E-state index is 12.5. The van der Waals surface area contributed by atoms with Crippen molar-refractivity contribution >= 4 is 21.8 Å². The third-order valence-electron chi connectivity index (χ3n) is 2.66. The van der Waals surface area contributed by atoms with Crippen LogP contribution in [0, 0.1) is 18.8 Å². The number of benzene rings is 1. The van der Waals surface area contributed by atoms with Crippen LogP contribution < -0.4 is 4.72 Å². The Morgan fingerprint density at radius 2 is 2.14 bits per heavy atom. The minimum absolute atomic E-state index is 0.153. The highest BCUT2D eigenvalue weighted by molar-refractivity contribution is 7.99. The summed E-state index contributed by atoms with van der Waals surface area (Å²) in [6.07, 6.45) is 0. The molecule has 21 heavy (non-hydrogen) atoms. The molecule has 0 saturated carbocycles. The van der Waals surface area contributed by atoms with Gasteiger partial charge < -0.3 is 5.11 Å². The van der Waals surface area contributed by atoms with E-state index in [0.717, 1.165) is 17.1 Å². The van der Waals surface area contributed by atoms with E-state index in [1.807, 2.05) is 20.8 Å². The molecule has 116 valence electrons. The molecule has 0 saturated heterocycles. The van der Waals surface area contributed by atoms with E-state index < -0.39 is 10.0 Å². The molecule has 0 spiro atoms. The zero-order chi connectivity index (χ0) is 15.9. The Kier molecular flexibility index (Phi) is 7.26. The number of thioether (sulfide) groups is 1. The lowest BCUT2D eigenvalue weighted by molar-refractivity contribution is 0.350. The lowest BCUT2D eigenvalue weighted by atomic mass is 10.1. The largest absolute Gasteiger partial charge is 0.384 e. The average Bonchev–Trinajstić information content (AvgIpc) is 2.42. The van der Waals surface area contributed by atoms with E-state index in [1.165, 1.54) is 0 Å². The molecule has 0 bridgehead atoms. The molecular formula is C15H21NO3S2. The molecule has 1 atom stereocenters. The van der Waals surface area contributed by atoms with Crippen molar-refractivity contribution in [2.75, 3.05) is 18.1 Å². The van der Waals surface area contributed by atoms with Crippen molar-refractivity contribution < 1.29 is 13.5 Å². The van der Waals surface area contributed by atoms with E-state index in [4.69, 9.17) is 5.11 Å². The van der Waals surface area contributed by atoms with Gasteiger partial charge in [-0.05, 0) is 37.3 Å². The normalized spacial score (nSPS) is 12.6. The molecule has 0 fully saturated rings. The predicted molar refractivity (Wildman–Crippen MR) is 87.9 cm³/mol. The van der Waals surface area contributed by atoms with E-state index in [1.54, 1.807) is 30.0 Å². The third-order valence-corrected chi connectivity index (χ3v) is 5.45. The van der Waals surface area contributed by atoms with Crippen molar-refractivity contribution in [2.24, 2.45) is 0 Å². The van der Waals surface area contributed by atoms with Crippen molar-refractivity contribution in [1.82, 2.24) is 4.72 Å². The Balaban J connectivity index is 3.07. The van der Waals surface area contributed by atoms with Crippen molar-refractivity contribution in [1.29, 1.82) is 0 Å². The number of sulfonamides is 1. The molecule has 0 heterocycles. The van der Waals surface area contributed by atoms with Gasteiger partial charge in [0.1, 0.15) is 6.61 Å². The lowest BCUT2D eigenvalue weighted by Crippen LogP contribution is -2.34. The smallest absolute Gasteiger partial charge is 0.242 e. The van der Waals surface area contributed by atoms with Crippen LogP contribution in [-0.2, 0) is 10.0 Å². The Morgan fingerprint density at radius 1 is 1.43 bits per heavy atom. The molecule has 1 aromatic rings. The first-order valence-electron chi connectivity index (χ1n) is 6.71. The van der Waals surface area contributed by atoms with E-state index in [9.17, 15) is 8.42 Å². The Labute approximate surface area is 131 Å². The molecule has 4 nitrogen and oxygen atoms in total. The molecule has 0 amide bonds. The SMILES string of the molecule is CCSCC(C)NS(=O)(=O)c1ccc(C)cc1C#CCO. The lowest BCUT2D eigenvalue weighted by Gasteiger charge is -2.15. The Hall–Kier alpha value is -1.00. The van der Waals surface area contributed by atoms with Crippen LogP contribution in [0.15, 0.2) is 23.1 Å². The van der Waals surface area contributed by atoms with E-state index in [2.05, 4.69) is 16.6 Å². The number of rotatable bonds is 6. The van der Waals surface area contributed by atoms with Crippen LogP contribution in [0.4, 0.5) is 0 Å². The summed E-state index contributed by atoms with van der Waals surface area (Å²) >= 11 is 1.68. The van der Waals surface area contributed by atoms with Gasteiger partial charge in [-0.15, -0.1) is 0 Å². The van der Waals surface area contributed by atoms with Crippen molar-refractivity contribution in [3.05, 3.63) is 29.3 Å². The highest BCUT2D eigenvalue weighted by Crippen LogP contribution is 2.17. The van der Waals surface area contributed by atoms with Gasteiger partial charge in [-0.2, -0.15) is 11.8 Å². The van der Waals surface area contributed by atoms with Gasteiger partial charge in [0.05, 0.1) is 4.90 Å². The number of hydrogen-bond acceptors (Lipinski definition) is 4. The van der Waals surface area contributed by atoms with Crippen LogP contribution >= 0.6 is 11.8 Å². The number of hydrogen-bond donors (Lipinski definition) is 2. The molecule has 1 rings (SSSR count). The summed E-state index contributed by atoms with van der Waals surface area (Å²) in [6.45, 7) is 5.45. The minimum atomic E-state index is -3.62. The van der Waals surface area contributed by atoms with Crippen LogP contribution in [0.1, 0.15) is 25.0 Å². The fraction of sp³-hybridized carbons (Fsp3) is 0.467. The Morgan fingerprint density at radius 3 is 2.76 bits per heavy atom. The highest BCUT2D eigenvalue weighted by atomic mass is 32.2. The van der Waals surface area contributed by atoms with Gasteiger partial charge in [0.2, 0.25) is 10.0 Å². The second-order valence-corrected chi connectivity index (χ2v) is 7.64. The molecule has 6 heteroatoms. The van der Waals surface area contributed by atoms with Crippen LogP contribution in [0.5, 0.6) is 0 Å². The summed E-state index contributed by atoms with van der Waals surface area (Å²) in [7, 11) is -3.62. The average molecular weight is 327 g/mol. The van der Waals surface area contributed by atoms with Gasteiger partial charge in [0.15, 0.2) is 0 Å². The molecule has 0 radical (unpaired) electrons. The van der Waals surface area contributed by atoms with Crippen molar-refractivity contribution in [3.63, 3.8) is 0 Å². The second kappa shape index (κ2) is 8.44. The van der Waals surface area contributed by atoms with E-state index in [0.29, 0.717) is 5.56 Å². The Bertz CT molecular complexity index is 630. The van der Waals surface area contributed by atoms with Crippen molar-refractivity contribution in [3.8, 4) is 11.8 Å². The maximum absolute atomic E-state index is 12.5. The maximum Gasteiger partial charge on any atom is 0.242 e. The summed E-state index contributed by atoms with van der Waals surface area (Å²) in [5, 5.41) is 8.79. The molecule has 2 N–H and O–H groups in total. The number of aryl methyl sites for hydroxylation is 1. The van der Waals surface area contributed by atoms with E-state index >= 15 is 0 Å². The van der Waals surface area contributed by atoms with Gasteiger partial charge in [-0.1, -0.05) is 24.8 Å². The van der Waals surface area contributed by atoms with Crippen LogP contribution in [-0.4, -0.2) is 37.7 Å². The van der Waals surface area contributed by atoms with Crippen LogP contribution in [0.25, 0.3) is 0 Å². The topological polar surface area (TPSA) is 66.4 Å². The third kappa shape index (κ3) is 5.71. The molecule has 0 aliphatic carbocycles. The number of aliphatic hydroxyl groups excluding tert-OH is 1. The molecule has 0 aromatic heterocycles. The molecule has 1 aromatic carbocycles. The van der Waals surface area contributed by atoms with Gasteiger partial charge >= 0.3 is 0 Å². The van der Waals surface area contributed by atoms with Gasteiger partial charge in [0.25, 0.3) is 0 Å². The zero-order valence-corrected chi connectivity index (χ0v) is 14.1. The zero-order valence-electron chi connectivity index (χ0n) is 12.5. The summed E-state index contributed by atoms with van der Waals surface area (Å²) in [4.78, 5) is 0.155. The molecule has 1 unspecified atom stereocenters. The van der Waals surface area contributed by atoms with Crippen molar-refractivity contribution in [2.45, 2.75) is 31.7 Å². The molecule has 0 aliphatic heterocycles. The summed E-state index contributed by atoms with van der Waals surface area (Å²) in [5.41, 5.74) is 1.33. The number of aliphatic hydroxyl groups is 1. The predicted octanol–water partition coefficient (Wildman–Crippen LogP) is 1.76. The van der Waals surface area contributed by atoms with E-state index in [-0.39, 0.29) is 17.5 Å². The quantitative estimate of drug-likeness (QED) is 0.781. The fourth-order valence-corrected chi connectivity index (χ4v) is 3.93. The first-order chi connectivity index (χ1) is 9.90. The highest BCUT2D eigenvalue weighted by Gasteiger charge is 2.20. The monoisotopic (exact) mass is 327 g/mol. The van der Waals surface area contributed by atoms with Crippen LogP contribution in [0.3, 0.4) is 0 Å². The molecular weight excluding hydrogens is 306 g/mol. The summed E-state index contributed by atoms with van der Waals surface area (Å²) in [6, 6.07) is 4.85. The molecule has 0 aliphatic rings.